The van der Waals surface area contributed by atoms with Crippen LogP contribution in [0.15, 0.2) is 12.1 Å². The average molecular weight is 239 g/mol. The molecule has 0 heterocycles. The first-order chi connectivity index (χ1) is 8.22. The maximum absolute atomic E-state index is 8.69. The van der Waals surface area contributed by atoms with Gasteiger partial charge in [-0.1, -0.05) is 0 Å². The summed E-state index contributed by atoms with van der Waals surface area (Å²) in [6.45, 7) is 3.85. The number of benzene rings is 1. The molecule has 0 spiro atoms. The van der Waals surface area contributed by atoms with Crippen molar-refractivity contribution < 1.29 is 14.6 Å². The molecule has 1 aromatic carbocycles. The van der Waals surface area contributed by atoms with E-state index in [9.17, 15) is 0 Å². The molecule has 2 N–H and O–H groups in total. The van der Waals surface area contributed by atoms with Gasteiger partial charge < -0.3 is 19.9 Å². The Kier molecular flexibility index (Phi) is 5.80. The monoisotopic (exact) mass is 239 g/mol. The molecule has 1 rings (SSSR count). The quantitative estimate of drug-likeness (QED) is 0.708. The summed E-state index contributed by atoms with van der Waals surface area (Å²) in [6.07, 6.45) is 0.770. The van der Waals surface area contributed by atoms with E-state index in [0.29, 0.717) is 0 Å². The van der Waals surface area contributed by atoms with E-state index in [4.69, 9.17) is 14.6 Å². The highest BCUT2D eigenvalue weighted by molar-refractivity contribution is 5.46. The molecular formula is C13H21NO3. The van der Waals surface area contributed by atoms with Crippen LogP contribution >= 0.6 is 0 Å². The fraction of sp³-hybridized carbons (Fsp3) is 0.538. The smallest absolute Gasteiger partial charge is 0.161 e. The van der Waals surface area contributed by atoms with Gasteiger partial charge in [-0.05, 0) is 43.1 Å². The van der Waals surface area contributed by atoms with Crippen molar-refractivity contribution in [3.63, 3.8) is 0 Å². The number of methoxy groups -OCH3 is 2. The molecule has 0 saturated carbocycles. The second kappa shape index (κ2) is 7.14. The van der Waals surface area contributed by atoms with Gasteiger partial charge in [-0.15, -0.1) is 0 Å². The number of aryl methyl sites for hydroxylation is 1. The van der Waals surface area contributed by atoms with Gasteiger partial charge in [0, 0.05) is 13.2 Å². The van der Waals surface area contributed by atoms with Crippen LogP contribution in [0.2, 0.25) is 0 Å². The zero-order valence-corrected chi connectivity index (χ0v) is 10.7. The van der Waals surface area contributed by atoms with Crippen LogP contribution in [0.5, 0.6) is 11.5 Å². The number of aliphatic hydroxyl groups is 1. The fourth-order valence-corrected chi connectivity index (χ4v) is 1.64. The number of nitrogens with one attached hydrogen (secondary N) is 1. The molecule has 0 radical (unpaired) electrons. The summed E-state index contributed by atoms with van der Waals surface area (Å²) in [5.41, 5.74) is 2.35. The van der Waals surface area contributed by atoms with Crippen LogP contribution in [0.3, 0.4) is 0 Å². The largest absolute Gasteiger partial charge is 0.493 e. The number of hydrogen-bond donors (Lipinski definition) is 2. The van der Waals surface area contributed by atoms with E-state index in [-0.39, 0.29) is 6.61 Å². The number of ether oxygens (including phenoxy) is 2. The molecule has 0 atom stereocenters. The average Bonchev–Trinajstić information content (AvgIpc) is 2.35. The van der Waals surface area contributed by atoms with Crippen LogP contribution in [0.4, 0.5) is 0 Å². The highest BCUT2D eigenvalue weighted by Crippen LogP contribution is 2.30. The standard InChI is InChI=1S/C13H21NO3/c1-10-7-12(16-2)13(17-3)8-11(10)9-14-5-4-6-15/h7-8,14-15H,4-6,9H2,1-3H3. The minimum Gasteiger partial charge on any atom is -0.493 e. The van der Waals surface area contributed by atoms with Gasteiger partial charge in [0.25, 0.3) is 0 Å². The van der Waals surface area contributed by atoms with Crippen molar-refractivity contribution in [2.45, 2.75) is 19.9 Å². The Morgan fingerprint density at radius 1 is 1.18 bits per heavy atom. The lowest BCUT2D eigenvalue weighted by Crippen LogP contribution is -2.16. The summed E-state index contributed by atoms with van der Waals surface area (Å²) in [6, 6.07) is 3.96. The molecule has 0 saturated heterocycles. The third-order valence-corrected chi connectivity index (χ3v) is 2.67. The molecule has 1 aromatic rings. The van der Waals surface area contributed by atoms with Crippen molar-refractivity contribution in [3.8, 4) is 11.5 Å². The second-order valence-electron chi connectivity index (χ2n) is 3.89. The molecular weight excluding hydrogens is 218 g/mol. The maximum atomic E-state index is 8.69. The van der Waals surface area contributed by atoms with Gasteiger partial charge in [0.1, 0.15) is 0 Å². The third-order valence-electron chi connectivity index (χ3n) is 2.67. The predicted octanol–water partition coefficient (Wildman–Crippen LogP) is 1.48. The summed E-state index contributed by atoms with van der Waals surface area (Å²) in [7, 11) is 3.27. The van der Waals surface area contributed by atoms with Crippen molar-refractivity contribution >= 4 is 0 Å². The second-order valence-corrected chi connectivity index (χ2v) is 3.89. The molecule has 0 fully saturated rings. The Bertz CT molecular complexity index is 353. The number of rotatable bonds is 7. The van der Waals surface area contributed by atoms with Crippen LogP contribution in [0, 0.1) is 6.92 Å². The van der Waals surface area contributed by atoms with Gasteiger partial charge in [-0.3, -0.25) is 0 Å². The maximum Gasteiger partial charge on any atom is 0.161 e. The first kappa shape index (κ1) is 13.8. The normalized spacial score (nSPS) is 10.4. The zero-order valence-electron chi connectivity index (χ0n) is 10.7. The lowest BCUT2D eigenvalue weighted by Gasteiger charge is -2.13. The Morgan fingerprint density at radius 3 is 2.41 bits per heavy atom. The van der Waals surface area contributed by atoms with Crippen LogP contribution in [0.25, 0.3) is 0 Å². The molecule has 0 aliphatic rings. The summed E-state index contributed by atoms with van der Waals surface area (Å²) < 4.78 is 10.5. The van der Waals surface area contributed by atoms with Gasteiger partial charge in [-0.25, -0.2) is 0 Å². The Morgan fingerprint density at radius 2 is 1.82 bits per heavy atom. The van der Waals surface area contributed by atoms with E-state index in [1.807, 2.05) is 19.1 Å². The van der Waals surface area contributed by atoms with Crippen molar-refractivity contribution in [3.05, 3.63) is 23.3 Å². The van der Waals surface area contributed by atoms with Crippen LogP contribution in [-0.4, -0.2) is 32.5 Å². The van der Waals surface area contributed by atoms with Gasteiger partial charge in [0.05, 0.1) is 14.2 Å². The number of hydrogen-bond acceptors (Lipinski definition) is 4. The van der Waals surface area contributed by atoms with Crippen LogP contribution in [0.1, 0.15) is 17.5 Å². The molecule has 4 heteroatoms. The topological polar surface area (TPSA) is 50.7 Å². The van der Waals surface area contributed by atoms with E-state index in [1.54, 1.807) is 14.2 Å². The molecule has 0 aliphatic carbocycles. The molecule has 0 aliphatic heterocycles. The first-order valence-corrected chi connectivity index (χ1v) is 5.76. The lowest BCUT2D eigenvalue weighted by atomic mass is 10.1. The van der Waals surface area contributed by atoms with E-state index in [2.05, 4.69) is 5.32 Å². The minimum atomic E-state index is 0.220. The fourth-order valence-electron chi connectivity index (χ4n) is 1.64. The van der Waals surface area contributed by atoms with Crippen molar-refractivity contribution in [2.24, 2.45) is 0 Å². The zero-order chi connectivity index (χ0) is 12.7. The minimum absolute atomic E-state index is 0.220. The van der Waals surface area contributed by atoms with Crippen molar-refractivity contribution in [1.29, 1.82) is 0 Å². The molecule has 0 amide bonds. The summed E-state index contributed by atoms with van der Waals surface area (Å²) >= 11 is 0. The molecule has 0 unspecified atom stereocenters. The van der Waals surface area contributed by atoms with Gasteiger partial charge in [0.15, 0.2) is 11.5 Å². The van der Waals surface area contributed by atoms with Crippen molar-refractivity contribution in [1.82, 2.24) is 5.32 Å². The van der Waals surface area contributed by atoms with E-state index in [0.717, 1.165) is 31.0 Å². The van der Waals surface area contributed by atoms with Gasteiger partial charge >= 0.3 is 0 Å². The Hall–Kier alpha value is -1.26. The molecule has 96 valence electrons. The highest BCUT2D eigenvalue weighted by atomic mass is 16.5. The molecule has 17 heavy (non-hydrogen) atoms. The molecule has 0 aromatic heterocycles. The molecule has 4 nitrogen and oxygen atoms in total. The van der Waals surface area contributed by atoms with Gasteiger partial charge in [-0.2, -0.15) is 0 Å². The van der Waals surface area contributed by atoms with E-state index >= 15 is 0 Å². The highest BCUT2D eigenvalue weighted by Gasteiger charge is 2.07. The summed E-state index contributed by atoms with van der Waals surface area (Å²) in [5, 5.41) is 12.0. The van der Waals surface area contributed by atoms with Crippen molar-refractivity contribution in [2.75, 3.05) is 27.4 Å². The SMILES string of the molecule is COc1cc(C)c(CNCCCO)cc1OC. The van der Waals surface area contributed by atoms with E-state index < -0.39 is 0 Å². The van der Waals surface area contributed by atoms with Gasteiger partial charge in [0.2, 0.25) is 0 Å². The first-order valence-electron chi connectivity index (χ1n) is 5.76. The van der Waals surface area contributed by atoms with Crippen LogP contribution in [-0.2, 0) is 6.54 Å². The molecule has 0 bridgehead atoms. The number of aliphatic hydroxyl groups excluding tert-OH is 1. The Labute approximate surface area is 103 Å². The summed E-state index contributed by atoms with van der Waals surface area (Å²) in [5.74, 6) is 1.50. The third kappa shape index (κ3) is 3.91. The lowest BCUT2D eigenvalue weighted by molar-refractivity contribution is 0.286. The van der Waals surface area contributed by atoms with Crippen LogP contribution < -0.4 is 14.8 Å². The summed E-state index contributed by atoms with van der Waals surface area (Å²) in [4.78, 5) is 0. The van der Waals surface area contributed by atoms with E-state index in [1.165, 1.54) is 11.1 Å². The Balaban J connectivity index is 2.71. The predicted molar refractivity (Wildman–Crippen MR) is 67.7 cm³/mol.